The standard InChI is InChI=1S/C22H21N3O5S/c1-31(29,30)19-8-9-20(21(15-19)25(27)28)23-10-12-24(13-11-23)22(26)18-7-6-16-4-2-3-5-17(16)14-18/h2-9,14-15H,10-13H2,1H3. The fraction of sp³-hybridized carbons (Fsp3) is 0.227. The highest BCUT2D eigenvalue weighted by Crippen LogP contribution is 2.31. The van der Waals surface area contributed by atoms with Gasteiger partial charge >= 0.3 is 0 Å². The highest BCUT2D eigenvalue weighted by Gasteiger charge is 2.27. The highest BCUT2D eigenvalue weighted by atomic mass is 32.2. The van der Waals surface area contributed by atoms with Gasteiger partial charge in [-0.2, -0.15) is 0 Å². The van der Waals surface area contributed by atoms with Crippen molar-refractivity contribution < 1.29 is 18.1 Å². The second kappa shape index (κ2) is 7.99. The van der Waals surface area contributed by atoms with Crippen molar-refractivity contribution in [3.05, 3.63) is 76.3 Å². The lowest BCUT2D eigenvalue weighted by molar-refractivity contribution is -0.384. The van der Waals surface area contributed by atoms with Gasteiger partial charge in [0.15, 0.2) is 9.84 Å². The molecule has 0 spiro atoms. The first-order chi connectivity index (χ1) is 14.7. The number of hydrogen-bond acceptors (Lipinski definition) is 6. The SMILES string of the molecule is CS(=O)(=O)c1ccc(N2CCN(C(=O)c3ccc4ccccc4c3)CC2)c([N+](=O)[O-])c1. The molecule has 0 radical (unpaired) electrons. The number of amides is 1. The van der Waals surface area contributed by atoms with Crippen molar-refractivity contribution in [3.8, 4) is 0 Å². The zero-order valence-electron chi connectivity index (χ0n) is 16.9. The summed E-state index contributed by atoms with van der Waals surface area (Å²) in [5.74, 6) is -0.0765. The number of carbonyl (C=O) groups excluding carboxylic acids is 1. The van der Waals surface area contributed by atoms with Crippen LogP contribution >= 0.6 is 0 Å². The van der Waals surface area contributed by atoms with Gasteiger partial charge in [-0.3, -0.25) is 14.9 Å². The van der Waals surface area contributed by atoms with E-state index in [-0.39, 0.29) is 16.5 Å². The average molecular weight is 439 g/mol. The summed E-state index contributed by atoms with van der Waals surface area (Å²) in [6.07, 6.45) is 1.02. The second-order valence-electron chi connectivity index (χ2n) is 7.52. The molecule has 1 saturated heterocycles. The zero-order valence-corrected chi connectivity index (χ0v) is 17.7. The summed E-state index contributed by atoms with van der Waals surface area (Å²) in [5.41, 5.74) is 0.711. The van der Waals surface area contributed by atoms with Gasteiger partial charge in [0.2, 0.25) is 0 Å². The summed E-state index contributed by atoms with van der Waals surface area (Å²) < 4.78 is 23.5. The molecule has 4 rings (SSSR count). The fourth-order valence-corrected chi connectivity index (χ4v) is 4.44. The predicted molar refractivity (Wildman–Crippen MR) is 118 cm³/mol. The summed E-state index contributed by atoms with van der Waals surface area (Å²) in [4.78, 5) is 27.4. The molecular weight excluding hydrogens is 418 g/mol. The van der Waals surface area contributed by atoms with Crippen LogP contribution in [-0.4, -0.2) is 56.6 Å². The van der Waals surface area contributed by atoms with Gasteiger partial charge in [-0.1, -0.05) is 30.3 Å². The van der Waals surface area contributed by atoms with Crippen LogP contribution in [0.2, 0.25) is 0 Å². The third-order valence-electron chi connectivity index (χ3n) is 5.48. The molecule has 0 atom stereocenters. The Morgan fingerprint density at radius 1 is 0.935 bits per heavy atom. The van der Waals surface area contributed by atoms with Crippen molar-refractivity contribution in [2.24, 2.45) is 0 Å². The Bertz CT molecular complexity index is 1280. The van der Waals surface area contributed by atoms with Gasteiger partial charge in [0, 0.05) is 44.1 Å². The van der Waals surface area contributed by atoms with Crippen LogP contribution in [0.15, 0.2) is 65.6 Å². The van der Waals surface area contributed by atoms with E-state index in [1.54, 1.807) is 4.90 Å². The molecule has 0 aliphatic carbocycles. The molecule has 8 nitrogen and oxygen atoms in total. The van der Waals surface area contributed by atoms with Crippen molar-refractivity contribution in [1.82, 2.24) is 4.90 Å². The first kappa shape index (κ1) is 20.8. The number of nitrogens with zero attached hydrogens (tertiary/aromatic N) is 3. The van der Waals surface area contributed by atoms with Crippen LogP contribution in [0.5, 0.6) is 0 Å². The number of piperazine rings is 1. The molecule has 1 aliphatic heterocycles. The van der Waals surface area contributed by atoms with Gasteiger partial charge in [-0.05, 0) is 35.0 Å². The molecule has 3 aromatic carbocycles. The van der Waals surface area contributed by atoms with E-state index < -0.39 is 14.8 Å². The molecule has 0 unspecified atom stereocenters. The minimum atomic E-state index is -3.55. The van der Waals surface area contributed by atoms with E-state index in [1.807, 2.05) is 47.4 Å². The number of nitro groups is 1. The van der Waals surface area contributed by atoms with Gasteiger partial charge in [-0.25, -0.2) is 8.42 Å². The number of rotatable bonds is 4. The molecular formula is C22H21N3O5S. The predicted octanol–water partition coefficient (Wildman–Crippen LogP) is 3.11. The van der Waals surface area contributed by atoms with E-state index in [0.29, 0.717) is 37.4 Å². The minimum absolute atomic E-state index is 0.0765. The monoisotopic (exact) mass is 439 g/mol. The highest BCUT2D eigenvalue weighted by molar-refractivity contribution is 7.90. The van der Waals surface area contributed by atoms with Gasteiger partial charge < -0.3 is 9.80 Å². The second-order valence-corrected chi connectivity index (χ2v) is 9.54. The largest absolute Gasteiger partial charge is 0.362 e. The first-order valence-corrected chi connectivity index (χ1v) is 11.6. The summed E-state index contributed by atoms with van der Waals surface area (Å²) in [5, 5.41) is 13.6. The fourth-order valence-electron chi connectivity index (χ4n) is 3.80. The maximum atomic E-state index is 12.9. The molecule has 1 amide bonds. The molecule has 9 heteroatoms. The van der Waals surface area contributed by atoms with Gasteiger partial charge in [0.05, 0.1) is 9.82 Å². The molecule has 0 bridgehead atoms. The van der Waals surface area contributed by atoms with Gasteiger partial charge in [-0.15, -0.1) is 0 Å². The van der Waals surface area contributed by atoms with Crippen LogP contribution in [0.1, 0.15) is 10.4 Å². The third kappa shape index (κ3) is 4.22. The normalized spacial score (nSPS) is 14.6. The summed E-state index contributed by atoms with van der Waals surface area (Å²) in [7, 11) is -3.55. The Morgan fingerprint density at radius 2 is 1.61 bits per heavy atom. The van der Waals surface area contributed by atoms with Crippen molar-refractivity contribution in [3.63, 3.8) is 0 Å². The topological polar surface area (TPSA) is 101 Å². The van der Waals surface area contributed by atoms with Crippen LogP contribution in [0.3, 0.4) is 0 Å². The average Bonchev–Trinajstić information content (AvgIpc) is 2.77. The van der Waals surface area contributed by atoms with Crippen molar-refractivity contribution in [2.75, 3.05) is 37.3 Å². The lowest BCUT2D eigenvalue weighted by Crippen LogP contribution is -2.49. The van der Waals surface area contributed by atoms with E-state index in [2.05, 4.69) is 0 Å². The van der Waals surface area contributed by atoms with Crippen LogP contribution < -0.4 is 4.90 Å². The summed E-state index contributed by atoms with van der Waals surface area (Å²) >= 11 is 0. The molecule has 0 saturated carbocycles. The Hall–Kier alpha value is -3.46. The third-order valence-corrected chi connectivity index (χ3v) is 6.59. The van der Waals surface area contributed by atoms with E-state index in [1.165, 1.54) is 12.1 Å². The number of carbonyl (C=O) groups is 1. The van der Waals surface area contributed by atoms with Crippen molar-refractivity contribution in [1.29, 1.82) is 0 Å². The first-order valence-electron chi connectivity index (χ1n) is 9.75. The molecule has 31 heavy (non-hydrogen) atoms. The number of hydrogen-bond donors (Lipinski definition) is 0. The molecule has 0 N–H and O–H groups in total. The number of fused-ring (bicyclic) bond motifs is 1. The Kier molecular flexibility index (Phi) is 5.36. The maximum absolute atomic E-state index is 12.9. The van der Waals surface area contributed by atoms with E-state index >= 15 is 0 Å². The lowest BCUT2D eigenvalue weighted by atomic mass is 10.1. The van der Waals surface area contributed by atoms with E-state index in [0.717, 1.165) is 23.1 Å². The minimum Gasteiger partial charge on any atom is -0.362 e. The van der Waals surface area contributed by atoms with E-state index in [4.69, 9.17) is 0 Å². The van der Waals surface area contributed by atoms with Gasteiger partial charge in [0.25, 0.3) is 11.6 Å². The lowest BCUT2D eigenvalue weighted by Gasteiger charge is -2.36. The molecule has 1 heterocycles. The summed E-state index contributed by atoms with van der Waals surface area (Å²) in [6.45, 7) is 1.66. The van der Waals surface area contributed by atoms with Crippen LogP contribution in [0, 0.1) is 10.1 Å². The smallest absolute Gasteiger partial charge is 0.293 e. The Labute approximate surface area is 179 Å². The molecule has 1 fully saturated rings. The molecule has 160 valence electrons. The Balaban J connectivity index is 1.51. The summed E-state index contributed by atoms with van der Waals surface area (Å²) in [6, 6.07) is 17.4. The molecule has 3 aromatic rings. The van der Waals surface area contributed by atoms with Crippen molar-refractivity contribution >= 4 is 37.9 Å². The number of nitro benzene ring substituents is 1. The Morgan fingerprint density at radius 3 is 2.26 bits per heavy atom. The maximum Gasteiger partial charge on any atom is 0.293 e. The molecule has 0 aromatic heterocycles. The number of sulfone groups is 1. The van der Waals surface area contributed by atoms with Gasteiger partial charge in [0.1, 0.15) is 5.69 Å². The number of anilines is 1. The quantitative estimate of drug-likeness (QED) is 0.457. The molecule has 1 aliphatic rings. The van der Waals surface area contributed by atoms with E-state index in [9.17, 15) is 23.3 Å². The number of benzene rings is 3. The van der Waals surface area contributed by atoms with Crippen LogP contribution in [-0.2, 0) is 9.84 Å². The van der Waals surface area contributed by atoms with Crippen LogP contribution in [0.25, 0.3) is 10.8 Å². The zero-order chi connectivity index (χ0) is 22.2. The van der Waals surface area contributed by atoms with Crippen molar-refractivity contribution in [2.45, 2.75) is 4.90 Å². The van der Waals surface area contributed by atoms with Crippen LogP contribution in [0.4, 0.5) is 11.4 Å².